The number of para-hydroxylation sites is 1. The first kappa shape index (κ1) is 22.0. The van der Waals surface area contributed by atoms with E-state index < -0.39 is 0 Å². The highest BCUT2D eigenvalue weighted by molar-refractivity contribution is 6.26. The van der Waals surface area contributed by atoms with Crippen molar-refractivity contribution in [2.75, 3.05) is 0 Å². The molecule has 0 saturated heterocycles. The maximum atomic E-state index is 4.81. The minimum absolute atomic E-state index is 0.362. The van der Waals surface area contributed by atoms with Crippen LogP contribution in [-0.2, 0) is 0 Å². The van der Waals surface area contributed by atoms with Gasteiger partial charge in [0.15, 0.2) is 17.5 Å². The highest BCUT2D eigenvalue weighted by Crippen LogP contribution is 2.41. The summed E-state index contributed by atoms with van der Waals surface area (Å²) in [4.78, 5) is 31.7. The molecule has 4 aromatic carbocycles. The van der Waals surface area contributed by atoms with Crippen LogP contribution in [0.2, 0.25) is 0 Å². The molecule has 0 amide bonds. The first-order chi connectivity index (χ1) is 20.3. The van der Waals surface area contributed by atoms with Crippen molar-refractivity contribution in [2.24, 2.45) is 0 Å². The van der Waals surface area contributed by atoms with Crippen molar-refractivity contribution in [3.8, 4) is 34.7 Å². The predicted molar refractivity (Wildman–Crippen MR) is 159 cm³/mol. The third-order valence-corrected chi connectivity index (χ3v) is 7.63. The van der Waals surface area contributed by atoms with E-state index >= 15 is 0 Å². The number of aromatic nitrogens is 8. The molecule has 0 N–H and O–H groups in total. The Balaban J connectivity index is 1.37. The predicted octanol–water partition coefficient (Wildman–Crippen LogP) is 6.76. The van der Waals surface area contributed by atoms with Crippen LogP contribution in [0.15, 0.2) is 110 Å². The normalized spacial score (nSPS) is 11.9. The molecule has 0 aliphatic heterocycles. The summed E-state index contributed by atoms with van der Waals surface area (Å²) >= 11 is 0. The first-order valence-electron chi connectivity index (χ1n) is 13.2. The lowest BCUT2D eigenvalue weighted by molar-refractivity contribution is 1.00. The SMILES string of the molecule is c1cnc(-c2nc(-c3ccc4c5cccc6c7cccc8cccc(c87)n(c4c3)c65)nc(-c3ncccn3)n2)nc1. The highest BCUT2D eigenvalue weighted by atomic mass is 15.1. The molecule has 0 bridgehead atoms. The standard InChI is InChI=1S/C33H18N8/c1-6-19-7-2-11-25-27(19)22(8-1)24-10-3-9-23-21-13-12-20(18-26(21)41(25)28(23)24)29-38-32(30-34-14-4-15-35-30)40-33(39-29)31-36-16-5-17-37-31/h1-18H. The van der Waals surface area contributed by atoms with Gasteiger partial charge in [-0.2, -0.15) is 0 Å². The summed E-state index contributed by atoms with van der Waals surface area (Å²) in [5.74, 6) is 2.04. The van der Waals surface area contributed by atoms with Gasteiger partial charge in [0, 0.05) is 51.9 Å². The zero-order chi connectivity index (χ0) is 26.9. The molecular weight excluding hydrogens is 508 g/mol. The lowest BCUT2D eigenvalue weighted by Crippen LogP contribution is -2.03. The molecule has 0 atom stereocenters. The molecule has 9 rings (SSSR count). The minimum Gasteiger partial charge on any atom is -0.308 e. The van der Waals surface area contributed by atoms with Crippen molar-refractivity contribution < 1.29 is 0 Å². The number of nitrogens with zero attached hydrogens (tertiary/aromatic N) is 8. The molecule has 8 heteroatoms. The second kappa shape index (κ2) is 8.30. The van der Waals surface area contributed by atoms with Gasteiger partial charge in [-0.1, -0.05) is 60.7 Å². The second-order valence-corrected chi connectivity index (χ2v) is 9.90. The van der Waals surface area contributed by atoms with Crippen LogP contribution in [0.3, 0.4) is 0 Å². The Bertz CT molecular complexity index is 2350. The maximum Gasteiger partial charge on any atom is 0.201 e. The van der Waals surface area contributed by atoms with Gasteiger partial charge in [0.1, 0.15) is 0 Å². The van der Waals surface area contributed by atoms with Crippen LogP contribution in [0.1, 0.15) is 0 Å². The van der Waals surface area contributed by atoms with E-state index in [0.29, 0.717) is 29.1 Å². The molecule has 0 radical (unpaired) electrons. The van der Waals surface area contributed by atoms with E-state index in [9.17, 15) is 0 Å². The van der Waals surface area contributed by atoms with Gasteiger partial charge in [-0.05, 0) is 35.0 Å². The van der Waals surface area contributed by atoms with Crippen LogP contribution in [0.25, 0.3) is 83.6 Å². The average molecular weight is 527 g/mol. The Labute approximate surface area is 232 Å². The Hall–Kier alpha value is -5.89. The van der Waals surface area contributed by atoms with Crippen molar-refractivity contribution >= 4 is 48.9 Å². The van der Waals surface area contributed by atoms with Crippen molar-refractivity contribution in [2.45, 2.75) is 0 Å². The van der Waals surface area contributed by atoms with E-state index in [1.807, 2.05) is 0 Å². The van der Waals surface area contributed by atoms with Gasteiger partial charge >= 0.3 is 0 Å². The van der Waals surface area contributed by atoms with Gasteiger partial charge < -0.3 is 4.40 Å². The molecule has 0 unspecified atom stereocenters. The molecule has 9 aromatic rings. The monoisotopic (exact) mass is 526 g/mol. The number of pyridine rings is 1. The third-order valence-electron chi connectivity index (χ3n) is 7.63. The summed E-state index contributed by atoms with van der Waals surface area (Å²) in [5, 5.41) is 7.35. The summed E-state index contributed by atoms with van der Waals surface area (Å²) in [5.41, 5.74) is 4.31. The fourth-order valence-electron chi connectivity index (χ4n) is 5.94. The molecular formula is C33H18N8. The van der Waals surface area contributed by atoms with E-state index in [0.717, 1.165) is 11.1 Å². The maximum absolute atomic E-state index is 4.81. The summed E-state index contributed by atoms with van der Waals surface area (Å²) in [6.07, 6.45) is 6.68. The molecule has 0 saturated carbocycles. The van der Waals surface area contributed by atoms with Crippen molar-refractivity contribution in [1.82, 2.24) is 39.3 Å². The fourth-order valence-corrected chi connectivity index (χ4v) is 5.94. The van der Waals surface area contributed by atoms with E-state index in [-0.39, 0.29) is 0 Å². The Morgan fingerprint density at radius 1 is 0.439 bits per heavy atom. The van der Waals surface area contributed by atoms with Gasteiger partial charge in [-0.3, -0.25) is 0 Å². The zero-order valence-electron chi connectivity index (χ0n) is 21.5. The number of benzene rings is 4. The van der Waals surface area contributed by atoms with Crippen LogP contribution >= 0.6 is 0 Å². The van der Waals surface area contributed by atoms with Crippen LogP contribution in [-0.4, -0.2) is 39.3 Å². The summed E-state index contributed by atoms with van der Waals surface area (Å²) in [6, 6.07) is 29.5. The molecule has 0 aliphatic carbocycles. The highest BCUT2D eigenvalue weighted by Gasteiger charge is 2.19. The molecule has 5 aromatic heterocycles. The number of hydrogen-bond acceptors (Lipinski definition) is 7. The van der Waals surface area contributed by atoms with Crippen molar-refractivity contribution in [3.05, 3.63) is 110 Å². The quantitative estimate of drug-likeness (QED) is 0.185. The Morgan fingerprint density at radius 3 is 1.73 bits per heavy atom. The first-order valence-corrected chi connectivity index (χ1v) is 13.2. The summed E-state index contributed by atoms with van der Waals surface area (Å²) in [6.45, 7) is 0. The lowest BCUT2D eigenvalue weighted by atomic mass is 9.99. The van der Waals surface area contributed by atoms with Gasteiger partial charge in [0.25, 0.3) is 0 Å². The lowest BCUT2D eigenvalue weighted by Gasteiger charge is -2.12. The molecule has 0 aliphatic rings. The van der Waals surface area contributed by atoms with E-state index in [1.54, 1.807) is 36.9 Å². The molecule has 5 heterocycles. The average Bonchev–Trinajstić information content (AvgIpc) is 3.39. The van der Waals surface area contributed by atoms with Gasteiger partial charge in [0.2, 0.25) is 11.6 Å². The smallest absolute Gasteiger partial charge is 0.201 e. The van der Waals surface area contributed by atoms with Crippen molar-refractivity contribution in [3.63, 3.8) is 0 Å². The van der Waals surface area contributed by atoms with E-state index in [2.05, 4.69) is 102 Å². The number of fused-ring (bicyclic) bond motifs is 5. The molecule has 41 heavy (non-hydrogen) atoms. The van der Waals surface area contributed by atoms with E-state index in [1.165, 1.54) is 43.4 Å². The minimum atomic E-state index is 0.362. The number of rotatable bonds is 3. The van der Waals surface area contributed by atoms with Crippen LogP contribution in [0.5, 0.6) is 0 Å². The summed E-state index contributed by atoms with van der Waals surface area (Å²) in [7, 11) is 0. The molecule has 8 nitrogen and oxygen atoms in total. The molecule has 190 valence electrons. The van der Waals surface area contributed by atoms with Gasteiger partial charge in [-0.15, -0.1) is 0 Å². The zero-order valence-corrected chi connectivity index (χ0v) is 21.5. The molecule has 0 spiro atoms. The fraction of sp³-hybridized carbons (Fsp3) is 0. The molecule has 0 fully saturated rings. The third kappa shape index (κ3) is 3.18. The largest absolute Gasteiger partial charge is 0.308 e. The second-order valence-electron chi connectivity index (χ2n) is 9.90. The van der Waals surface area contributed by atoms with Gasteiger partial charge in [-0.25, -0.2) is 34.9 Å². The number of hydrogen-bond donors (Lipinski definition) is 0. The van der Waals surface area contributed by atoms with Crippen LogP contribution in [0.4, 0.5) is 0 Å². The topological polar surface area (TPSA) is 94.6 Å². The Morgan fingerprint density at radius 2 is 1.02 bits per heavy atom. The van der Waals surface area contributed by atoms with Crippen LogP contribution < -0.4 is 0 Å². The summed E-state index contributed by atoms with van der Waals surface area (Å²) < 4.78 is 2.38. The van der Waals surface area contributed by atoms with Gasteiger partial charge in [0.05, 0.1) is 16.6 Å². The van der Waals surface area contributed by atoms with Crippen molar-refractivity contribution in [1.29, 1.82) is 0 Å². The van der Waals surface area contributed by atoms with E-state index in [4.69, 9.17) is 9.97 Å². The van der Waals surface area contributed by atoms with Crippen LogP contribution in [0, 0.1) is 0 Å². The Kier molecular flexibility index (Phi) is 4.45.